The summed E-state index contributed by atoms with van der Waals surface area (Å²) in [5.41, 5.74) is 1.38. The predicted octanol–water partition coefficient (Wildman–Crippen LogP) is -0.152. The molecule has 1 saturated heterocycles. The summed E-state index contributed by atoms with van der Waals surface area (Å²) in [6.45, 7) is 1.98. The first-order valence-corrected chi connectivity index (χ1v) is 3.92. The molecule has 3 nitrogen and oxygen atoms in total. The second kappa shape index (κ2) is 2.58. The Morgan fingerprint density at radius 2 is 2.55 bits per heavy atom. The summed E-state index contributed by atoms with van der Waals surface area (Å²) in [7, 11) is 2.10. The Bertz CT molecular complexity index is 207. The molecule has 2 rings (SSSR count). The molecule has 60 valence electrons. The maximum Gasteiger partial charge on any atom is 0.0782 e. The molecule has 0 amide bonds. The average molecular weight is 151 g/mol. The molecule has 1 atom stereocenters. The predicted molar refractivity (Wildman–Crippen MR) is 44.8 cm³/mol. The summed E-state index contributed by atoms with van der Waals surface area (Å²) in [4.78, 5) is 2.23. The van der Waals surface area contributed by atoms with Crippen molar-refractivity contribution in [3.8, 4) is 0 Å². The number of allylic oxidation sites excluding steroid dienone is 2. The molecule has 2 aliphatic heterocycles. The number of nitrogens with one attached hydrogen (secondary N) is 2. The van der Waals surface area contributed by atoms with Crippen LogP contribution in [0.5, 0.6) is 0 Å². The Hall–Kier alpha value is -0.960. The van der Waals surface area contributed by atoms with Gasteiger partial charge in [-0.2, -0.15) is 0 Å². The van der Waals surface area contributed by atoms with Gasteiger partial charge in [-0.05, 0) is 18.4 Å². The topological polar surface area (TPSA) is 27.3 Å². The van der Waals surface area contributed by atoms with Gasteiger partial charge >= 0.3 is 0 Å². The summed E-state index contributed by atoms with van der Waals surface area (Å²) >= 11 is 0. The molecule has 2 heterocycles. The van der Waals surface area contributed by atoms with Crippen LogP contribution >= 0.6 is 0 Å². The molecular formula is C8H13N3. The molecule has 0 aliphatic carbocycles. The van der Waals surface area contributed by atoms with E-state index in [9.17, 15) is 0 Å². The quantitative estimate of drug-likeness (QED) is 0.504. The number of hydrogen-bond donors (Lipinski definition) is 2. The molecule has 0 aromatic carbocycles. The van der Waals surface area contributed by atoms with Gasteiger partial charge in [0.1, 0.15) is 0 Å². The van der Waals surface area contributed by atoms with Crippen LogP contribution < -0.4 is 10.6 Å². The van der Waals surface area contributed by atoms with E-state index in [4.69, 9.17) is 0 Å². The smallest absolute Gasteiger partial charge is 0.0782 e. The fourth-order valence-electron chi connectivity index (χ4n) is 1.54. The molecule has 11 heavy (non-hydrogen) atoms. The highest BCUT2D eigenvalue weighted by Gasteiger charge is 2.21. The van der Waals surface area contributed by atoms with Gasteiger partial charge in [-0.15, -0.1) is 0 Å². The van der Waals surface area contributed by atoms with Gasteiger partial charge in [-0.3, -0.25) is 5.32 Å². The highest BCUT2D eigenvalue weighted by Crippen LogP contribution is 2.13. The largest absolute Gasteiger partial charge is 0.381 e. The Kier molecular flexibility index (Phi) is 1.58. The molecule has 1 unspecified atom stereocenters. The Balaban J connectivity index is 2.20. The van der Waals surface area contributed by atoms with Crippen molar-refractivity contribution in [3.05, 3.63) is 24.0 Å². The second-order valence-corrected chi connectivity index (χ2v) is 2.98. The lowest BCUT2D eigenvalue weighted by Crippen LogP contribution is -2.51. The van der Waals surface area contributed by atoms with Crippen LogP contribution in [0.2, 0.25) is 0 Å². The van der Waals surface area contributed by atoms with E-state index in [-0.39, 0.29) is 0 Å². The van der Waals surface area contributed by atoms with E-state index in [1.165, 1.54) is 5.70 Å². The number of hydrogen-bond acceptors (Lipinski definition) is 3. The fraction of sp³-hybridized carbons (Fsp3) is 0.500. The average Bonchev–Trinajstić information content (AvgIpc) is 2.06. The number of dihydropyridines is 1. The molecule has 2 aliphatic rings. The van der Waals surface area contributed by atoms with Crippen molar-refractivity contribution in [2.45, 2.75) is 6.04 Å². The number of likely N-dealkylation sites (N-methyl/N-ethyl adjacent to an activating group) is 1. The van der Waals surface area contributed by atoms with E-state index in [1.54, 1.807) is 0 Å². The summed E-state index contributed by atoms with van der Waals surface area (Å²) in [6, 6.07) is 0.471. The molecule has 0 aromatic rings. The van der Waals surface area contributed by atoms with E-state index in [1.807, 2.05) is 12.3 Å². The number of rotatable bonds is 0. The Morgan fingerprint density at radius 1 is 1.64 bits per heavy atom. The standard InChI is InChI=1S/C8H13N3/c1-11-6-9-5-7-8(11)3-2-4-10-7/h2-4,7,9-10H,5-6H2,1H3. The zero-order valence-corrected chi connectivity index (χ0v) is 6.67. The van der Waals surface area contributed by atoms with Crippen molar-refractivity contribution in [3.63, 3.8) is 0 Å². The lowest BCUT2D eigenvalue weighted by molar-refractivity contribution is 0.289. The van der Waals surface area contributed by atoms with Gasteiger partial charge in [-0.25, -0.2) is 0 Å². The van der Waals surface area contributed by atoms with Gasteiger partial charge in [0.15, 0.2) is 0 Å². The third-order valence-electron chi connectivity index (χ3n) is 2.16. The molecule has 0 radical (unpaired) electrons. The minimum Gasteiger partial charge on any atom is -0.381 e. The first kappa shape index (κ1) is 6.73. The minimum atomic E-state index is 0.471. The van der Waals surface area contributed by atoms with Crippen molar-refractivity contribution in [2.24, 2.45) is 0 Å². The number of nitrogens with zero attached hydrogens (tertiary/aromatic N) is 1. The molecule has 3 heteroatoms. The van der Waals surface area contributed by atoms with Crippen LogP contribution in [0.1, 0.15) is 0 Å². The van der Waals surface area contributed by atoms with Crippen LogP contribution in [-0.2, 0) is 0 Å². The molecule has 2 N–H and O–H groups in total. The van der Waals surface area contributed by atoms with Crippen molar-refractivity contribution in [2.75, 3.05) is 20.3 Å². The maximum atomic E-state index is 3.32. The highest BCUT2D eigenvalue weighted by atomic mass is 15.3. The fourth-order valence-corrected chi connectivity index (χ4v) is 1.54. The lowest BCUT2D eigenvalue weighted by Gasteiger charge is -2.36. The van der Waals surface area contributed by atoms with Crippen molar-refractivity contribution in [1.82, 2.24) is 15.5 Å². The molecule has 0 bridgehead atoms. The second-order valence-electron chi connectivity index (χ2n) is 2.98. The van der Waals surface area contributed by atoms with E-state index >= 15 is 0 Å². The van der Waals surface area contributed by atoms with Crippen molar-refractivity contribution >= 4 is 0 Å². The van der Waals surface area contributed by atoms with Crippen molar-refractivity contribution in [1.29, 1.82) is 0 Å². The van der Waals surface area contributed by atoms with Crippen LogP contribution in [0.3, 0.4) is 0 Å². The van der Waals surface area contributed by atoms with Gasteiger partial charge in [0.2, 0.25) is 0 Å². The van der Waals surface area contributed by atoms with Gasteiger partial charge < -0.3 is 10.2 Å². The monoisotopic (exact) mass is 151 g/mol. The van der Waals surface area contributed by atoms with Crippen LogP contribution in [0.25, 0.3) is 0 Å². The van der Waals surface area contributed by atoms with Crippen LogP contribution in [0.15, 0.2) is 24.0 Å². The molecular weight excluding hydrogens is 138 g/mol. The van der Waals surface area contributed by atoms with E-state index in [0.717, 1.165) is 13.2 Å². The molecule has 0 aromatic heterocycles. The zero-order chi connectivity index (χ0) is 7.68. The van der Waals surface area contributed by atoms with Crippen LogP contribution in [0.4, 0.5) is 0 Å². The Morgan fingerprint density at radius 3 is 3.36 bits per heavy atom. The maximum absolute atomic E-state index is 3.32. The highest BCUT2D eigenvalue weighted by molar-refractivity contribution is 5.23. The third kappa shape index (κ3) is 1.12. The molecule has 0 spiro atoms. The summed E-state index contributed by atoms with van der Waals surface area (Å²) in [5.74, 6) is 0. The zero-order valence-electron chi connectivity index (χ0n) is 6.67. The van der Waals surface area contributed by atoms with E-state index < -0.39 is 0 Å². The van der Waals surface area contributed by atoms with Crippen LogP contribution in [0, 0.1) is 0 Å². The normalized spacial score (nSPS) is 29.0. The van der Waals surface area contributed by atoms with Crippen molar-refractivity contribution < 1.29 is 0 Å². The summed E-state index contributed by atoms with van der Waals surface area (Å²) in [6.07, 6.45) is 6.21. The SMILES string of the molecule is CN1CNCC2NC=CC=C21. The first-order chi connectivity index (χ1) is 5.38. The number of fused-ring (bicyclic) bond motifs is 1. The molecule has 0 saturated carbocycles. The van der Waals surface area contributed by atoms with E-state index in [2.05, 4.69) is 28.7 Å². The van der Waals surface area contributed by atoms with Gasteiger partial charge in [0.25, 0.3) is 0 Å². The van der Waals surface area contributed by atoms with Gasteiger partial charge in [0.05, 0.1) is 12.7 Å². The Labute approximate surface area is 66.8 Å². The minimum absolute atomic E-state index is 0.471. The summed E-state index contributed by atoms with van der Waals surface area (Å²) < 4.78 is 0. The van der Waals surface area contributed by atoms with Gasteiger partial charge in [0, 0.05) is 19.3 Å². The summed E-state index contributed by atoms with van der Waals surface area (Å²) in [5, 5.41) is 6.62. The van der Waals surface area contributed by atoms with Crippen LogP contribution in [-0.4, -0.2) is 31.2 Å². The van der Waals surface area contributed by atoms with Gasteiger partial charge in [-0.1, -0.05) is 0 Å². The molecule has 1 fully saturated rings. The first-order valence-electron chi connectivity index (χ1n) is 3.92. The third-order valence-corrected chi connectivity index (χ3v) is 2.16. The lowest BCUT2D eigenvalue weighted by atomic mass is 10.1. The van der Waals surface area contributed by atoms with E-state index in [0.29, 0.717) is 6.04 Å².